The predicted octanol–water partition coefficient (Wildman–Crippen LogP) is 4.53. The topological polar surface area (TPSA) is 12.4 Å². The van der Waals surface area contributed by atoms with Crippen LogP contribution in [-0.4, -0.2) is 12.3 Å². The van der Waals surface area contributed by atoms with Crippen LogP contribution >= 0.6 is 0 Å². The highest BCUT2D eigenvalue weighted by Gasteiger charge is 2.06. The average Bonchev–Trinajstić information content (AvgIpc) is 2.31. The third kappa shape index (κ3) is 5.76. The van der Waals surface area contributed by atoms with E-state index in [1.54, 1.807) is 0 Å². The van der Waals surface area contributed by atoms with Crippen LogP contribution in [0, 0.1) is 0 Å². The number of aliphatic imine (C=N–C) groups is 1. The summed E-state index contributed by atoms with van der Waals surface area (Å²) in [5.41, 5.74) is 2.81. The lowest BCUT2D eigenvalue weighted by Crippen LogP contribution is -2.01. The second-order valence-electron chi connectivity index (χ2n) is 4.64. The quantitative estimate of drug-likeness (QED) is 0.476. The number of rotatable bonds is 3. The molecule has 1 saturated carbocycles. The van der Waals surface area contributed by atoms with Crippen LogP contribution in [0.5, 0.6) is 0 Å². The van der Waals surface area contributed by atoms with Crippen LogP contribution in [0.15, 0.2) is 17.1 Å². The first kappa shape index (κ1) is 12.5. The van der Waals surface area contributed by atoms with Crippen molar-refractivity contribution < 1.29 is 0 Å². The van der Waals surface area contributed by atoms with Crippen LogP contribution in [0.25, 0.3) is 0 Å². The van der Waals surface area contributed by atoms with E-state index in [0.29, 0.717) is 0 Å². The zero-order valence-electron chi connectivity index (χ0n) is 10.2. The first-order valence-corrected chi connectivity index (χ1v) is 6.51. The van der Waals surface area contributed by atoms with Gasteiger partial charge in [0.15, 0.2) is 0 Å². The van der Waals surface area contributed by atoms with Crippen molar-refractivity contribution in [3.63, 3.8) is 0 Å². The second kappa shape index (κ2) is 7.67. The Balaban J connectivity index is 2.43. The Kier molecular flexibility index (Phi) is 6.38. The highest BCUT2D eigenvalue weighted by Crippen LogP contribution is 2.18. The third-order valence-electron chi connectivity index (χ3n) is 3.05. The fraction of sp³-hybridized carbons (Fsp3) is 0.786. The first-order chi connectivity index (χ1) is 7.33. The molecule has 1 nitrogen and oxygen atoms in total. The molecule has 0 aliphatic heterocycles. The van der Waals surface area contributed by atoms with Crippen molar-refractivity contribution in [3.8, 4) is 0 Å². The molecule has 0 N–H and O–H groups in total. The molecule has 0 heterocycles. The van der Waals surface area contributed by atoms with Gasteiger partial charge in [0, 0.05) is 18.7 Å². The van der Waals surface area contributed by atoms with Gasteiger partial charge in [0.2, 0.25) is 0 Å². The molecular formula is C14H25N. The molecule has 0 radical (unpaired) electrons. The van der Waals surface area contributed by atoms with Crippen LogP contribution in [0.3, 0.4) is 0 Å². The van der Waals surface area contributed by atoms with Gasteiger partial charge in [-0.3, -0.25) is 4.99 Å². The molecule has 1 heteroatoms. The van der Waals surface area contributed by atoms with E-state index >= 15 is 0 Å². The molecule has 1 aliphatic rings. The smallest absolute Gasteiger partial charge is 0.0388 e. The predicted molar refractivity (Wildman–Crippen MR) is 68.7 cm³/mol. The largest absolute Gasteiger partial charge is 0.294 e. The molecule has 0 saturated heterocycles. The Morgan fingerprint density at radius 2 is 1.87 bits per heavy atom. The van der Waals surface area contributed by atoms with Gasteiger partial charge in [-0.05, 0) is 32.1 Å². The van der Waals surface area contributed by atoms with Gasteiger partial charge in [0.1, 0.15) is 0 Å². The molecule has 86 valence electrons. The van der Waals surface area contributed by atoms with Gasteiger partial charge >= 0.3 is 0 Å². The van der Waals surface area contributed by atoms with Crippen LogP contribution in [0.2, 0.25) is 0 Å². The Bertz CT molecular complexity index is 215. The van der Waals surface area contributed by atoms with Crippen LogP contribution in [-0.2, 0) is 0 Å². The summed E-state index contributed by atoms with van der Waals surface area (Å²) in [4.78, 5) is 4.72. The minimum atomic E-state index is 1.03. The Morgan fingerprint density at radius 3 is 2.60 bits per heavy atom. The summed E-state index contributed by atoms with van der Waals surface area (Å²) in [6.07, 6.45) is 11.4. The van der Waals surface area contributed by atoms with E-state index in [2.05, 4.69) is 13.5 Å². The van der Waals surface area contributed by atoms with Crippen molar-refractivity contribution in [1.82, 2.24) is 0 Å². The van der Waals surface area contributed by atoms with E-state index in [0.717, 1.165) is 13.0 Å². The highest BCUT2D eigenvalue weighted by atomic mass is 14.7. The lowest BCUT2D eigenvalue weighted by molar-refractivity contribution is 0.659. The highest BCUT2D eigenvalue weighted by molar-refractivity contribution is 5.86. The minimum absolute atomic E-state index is 1.03. The van der Waals surface area contributed by atoms with Gasteiger partial charge < -0.3 is 0 Å². The van der Waals surface area contributed by atoms with Crippen molar-refractivity contribution in [2.24, 2.45) is 4.99 Å². The maximum absolute atomic E-state index is 4.72. The molecule has 0 aromatic rings. The van der Waals surface area contributed by atoms with E-state index in [4.69, 9.17) is 4.99 Å². The van der Waals surface area contributed by atoms with E-state index in [1.807, 2.05) is 0 Å². The van der Waals surface area contributed by atoms with Gasteiger partial charge in [-0.1, -0.05) is 38.3 Å². The average molecular weight is 207 g/mol. The molecule has 15 heavy (non-hydrogen) atoms. The van der Waals surface area contributed by atoms with Crippen LogP contribution in [0.4, 0.5) is 0 Å². The van der Waals surface area contributed by atoms with Gasteiger partial charge in [-0.25, -0.2) is 0 Å². The van der Waals surface area contributed by atoms with Gasteiger partial charge in [0.25, 0.3) is 0 Å². The maximum atomic E-state index is 4.72. The summed E-state index contributed by atoms with van der Waals surface area (Å²) < 4.78 is 0. The molecule has 0 bridgehead atoms. The summed E-state index contributed by atoms with van der Waals surface area (Å²) in [6, 6.07) is 0. The van der Waals surface area contributed by atoms with Crippen molar-refractivity contribution in [3.05, 3.63) is 12.2 Å². The molecular weight excluding hydrogens is 182 g/mol. The van der Waals surface area contributed by atoms with E-state index in [9.17, 15) is 0 Å². The summed E-state index contributed by atoms with van der Waals surface area (Å²) >= 11 is 0. The molecule has 1 fully saturated rings. The summed E-state index contributed by atoms with van der Waals surface area (Å²) in [7, 11) is 0. The number of hydrogen-bond donors (Lipinski definition) is 0. The number of hydrogen-bond acceptors (Lipinski definition) is 1. The summed E-state index contributed by atoms with van der Waals surface area (Å²) in [5.74, 6) is 0. The van der Waals surface area contributed by atoms with Gasteiger partial charge in [-0.15, -0.1) is 0 Å². The Labute approximate surface area is 94.7 Å². The first-order valence-electron chi connectivity index (χ1n) is 6.51. The van der Waals surface area contributed by atoms with Crippen LogP contribution < -0.4 is 0 Å². The number of unbranched alkanes of at least 4 members (excludes halogenated alkanes) is 1. The standard InChI is InChI=1S/C14H25N/c1-3-4-11-15-14-10-8-6-5-7-9-13(2)12-14/h2-12H2,1H3. The van der Waals surface area contributed by atoms with Gasteiger partial charge in [0.05, 0.1) is 0 Å². The zero-order valence-corrected chi connectivity index (χ0v) is 10.2. The molecule has 0 aromatic carbocycles. The van der Waals surface area contributed by atoms with Crippen LogP contribution in [0.1, 0.15) is 64.7 Å². The van der Waals surface area contributed by atoms with Crippen molar-refractivity contribution in [2.45, 2.75) is 64.7 Å². The monoisotopic (exact) mass is 207 g/mol. The molecule has 1 rings (SSSR count). The lowest BCUT2D eigenvalue weighted by atomic mass is 10.0. The summed E-state index contributed by atoms with van der Waals surface area (Å²) in [6.45, 7) is 7.41. The molecule has 0 spiro atoms. The normalized spacial score (nSPS) is 22.2. The van der Waals surface area contributed by atoms with Crippen molar-refractivity contribution in [2.75, 3.05) is 6.54 Å². The van der Waals surface area contributed by atoms with E-state index in [1.165, 1.54) is 62.7 Å². The third-order valence-corrected chi connectivity index (χ3v) is 3.05. The molecule has 0 amide bonds. The zero-order chi connectivity index (χ0) is 10.9. The maximum Gasteiger partial charge on any atom is 0.0388 e. The Hall–Kier alpha value is -0.590. The van der Waals surface area contributed by atoms with Gasteiger partial charge in [-0.2, -0.15) is 0 Å². The Morgan fingerprint density at radius 1 is 1.13 bits per heavy atom. The second-order valence-corrected chi connectivity index (χ2v) is 4.64. The number of nitrogens with zero attached hydrogens (tertiary/aromatic N) is 1. The van der Waals surface area contributed by atoms with Crippen molar-refractivity contribution >= 4 is 5.71 Å². The minimum Gasteiger partial charge on any atom is -0.294 e. The lowest BCUT2D eigenvalue weighted by Gasteiger charge is -2.06. The number of allylic oxidation sites excluding steroid dienone is 1. The fourth-order valence-corrected chi connectivity index (χ4v) is 2.05. The molecule has 0 aromatic heterocycles. The van der Waals surface area contributed by atoms with Crippen molar-refractivity contribution in [1.29, 1.82) is 0 Å². The van der Waals surface area contributed by atoms with E-state index < -0.39 is 0 Å². The molecule has 0 atom stereocenters. The molecule has 1 aliphatic carbocycles. The van der Waals surface area contributed by atoms with E-state index in [-0.39, 0.29) is 0 Å². The SMILES string of the molecule is C=C1CCCCCCC(=NCCCC)C1. The fourth-order valence-electron chi connectivity index (χ4n) is 2.05. The summed E-state index contributed by atoms with van der Waals surface area (Å²) in [5, 5.41) is 0. The molecule has 0 unspecified atom stereocenters.